The van der Waals surface area contributed by atoms with Crippen molar-refractivity contribution in [1.82, 2.24) is 20.2 Å². The molecule has 0 radical (unpaired) electrons. The third-order valence-electron chi connectivity index (χ3n) is 3.50. The SMILES string of the molecule is Cn1c(SCC(=O)N/N=C/c2cccc(Br)c2)nnc1-c1cccc(Br)c1. The van der Waals surface area contributed by atoms with E-state index < -0.39 is 0 Å². The first-order valence-electron chi connectivity index (χ1n) is 7.88. The van der Waals surface area contributed by atoms with Crippen LogP contribution in [0.3, 0.4) is 0 Å². The van der Waals surface area contributed by atoms with Crippen molar-refractivity contribution in [1.29, 1.82) is 0 Å². The van der Waals surface area contributed by atoms with E-state index >= 15 is 0 Å². The number of benzene rings is 2. The van der Waals surface area contributed by atoms with Gasteiger partial charge in [0.05, 0.1) is 12.0 Å². The Morgan fingerprint density at radius 3 is 2.67 bits per heavy atom. The van der Waals surface area contributed by atoms with E-state index in [0.717, 1.165) is 25.9 Å². The van der Waals surface area contributed by atoms with Crippen LogP contribution in [0.1, 0.15) is 5.56 Å². The van der Waals surface area contributed by atoms with Crippen LogP contribution < -0.4 is 5.43 Å². The van der Waals surface area contributed by atoms with Gasteiger partial charge in [-0.25, -0.2) is 5.43 Å². The molecule has 0 aliphatic heterocycles. The third kappa shape index (κ3) is 5.50. The molecule has 0 bridgehead atoms. The quantitative estimate of drug-likeness (QED) is 0.307. The molecule has 2 aromatic carbocycles. The first kappa shape index (κ1) is 19.8. The van der Waals surface area contributed by atoms with Gasteiger partial charge in [-0.3, -0.25) is 4.79 Å². The van der Waals surface area contributed by atoms with Crippen LogP contribution in [-0.4, -0.2) is 32.6 Å². The fraction of sp³-hybridized carbons (Fsp3) is 0.111. The summed E-state index contributed by atoms with van der Waals surface area (Å²) in [5.74, 6) is 0.727. The maximum atomic E-state index is 12.0. The van der Waals surface area contributed by atoms with Gasteiger partial charge in [0, 0.05) is 21.6 Å². The number of carbonyl (C=O) groups excluding carboxylic acids is 1. The molecule has 0 aliphatic rings. The molecule has 0 saturated heterocycles. The zero-order chi connectivity index (χ0) is 19.2. The fourth-order valence-electron chi connectivity index (χ4n) is 2.25. The van der Waals surface area contributed by atoms with Crippen molar-refractivity contribution in [3.8, 4) is 11.4 Å². The van der Waals surface area contributed by atoms with Crippen molar-refractivity contribution < 1.29 is 4.79 Å². The first-order valence-corrected chi connectivity index (χ1v) is 10.5. The van der Waals surface area contributed by atoms with E-state index in [2.05, 4.69) is 52.6 Å². The van der Waals surface area contributed by atoms with Crippen LogP contribution in [0.2, 0.25) is 0 Å². The highest BCUT2D eigenvalue weighted by Crippen LogP contribution is 2.24. The zero-order valence-electron chi connectivity index (χ0n) is 14.3. The summed E-state index contributed by atoms with van der Waals surface area (Å²) in [7, 11) is 1.88. The van der Waals surface area contributed by atoms with E-state index in [9.17, 15) is 4.79 Å². The molecule has 6 nitrogen and oxygen atoms in total. The Bertz CT molecular complexity index is 989. The maximum Gasteiger partial charge on any atom is 0.250 e. The van der Waals surface area contributed by atoms with Gasteiger partial charge in [-0.1, -0.05) is 67.9 Å². The van der Waals surface area contributed by atoms with E-state index in [1.165, 1.54) is 11.8 Å². The molecule has 0 fully saturated rings. The summed E-state index contributed by atoms with van der Waals surface area (Å²) in [5.41, 5.74) is 4.36. The average molecular weight is 509 g/mol. The van der Waals surface area contributed by atoms with Crippen molar-refractivity contribution in [2.45, 2.75) is 5.16 Å². The average Bonchev–Trinajstić information content (AvgIpc) is 3.01. The summed E-state index contributed by atoms with van der Waals surface area (Å²) in [4.78, 5) is 12.0. The number of hydrogen-bond acceptors (Lipinski definition) is 5. The van der Waals surface area contributed by atoms with Crippen molar-refractivity contribution in [3.63, 3.8) is 0 Å². The summed E-state index contributed by atoms with van der Waals surface area (Å²) in [6.07, 6.45) is 1.60. The van der Waals surface area contributed by atoms with Gasteiger partial charge in [0.25, 0.3) is 5.91 Å². The van der Waals surface area contributed by atoms with Gasteiger partial charge in [-0.2, -0.15) is 5.10 Å². The zero-order valence-corrected chi connectivity index (χ0v) is 18.3. The minimum absolute atomic E-state index is 0.195. The van der Waals surface area contributed by atoms with Crippen molar-refractivity contribution in [2.75, 3.05) is 5.75 Å². The molecule has 0 saturated carbocycles. The lowest BCUT2D eigenvalue weighted by Crippen LogP contribution is -2.19. The lowest BCUT2D eigenvalue weighted by molar-refractivity contribution is -0.118. The second-order valence-electron chi connectivity index (χ2n) is 5.51. The van der Waals surface area contributed by atoms with Gasteiger partial charge >= 0.3 is 0 Å². The third-order valence-corrected chi connectivity index (χ3v) is 5.51. The van der Waals surface area contributed by atoms with Crippen molar-refractivity contribution in [3.05, 3.63) is 63.0 Å². The van der Waals surface area contributed by atoms with Crippen LogP contribution in [0.15, 0.2) is 67.7 Å². The number of halogens is 2. The molecule has 27 heavy (non-hydrogen) atoms. The van der Waals surface area contributed by atoms with Gasteiger partial charge < -0.3 is 4.57 Å². The highest BCUT2D eigenvalue weighted by molar-refractivity contribution is 9.10. The van der Waals surface area contributed by atoms with Crippen LogP contribution in [0.25, 0.3) is 11.4 Å². The summed E-state index contributed by atoms with van der Waals surface area (Å²) < 4.78 is 3.79. The Balaban J connectivity index is 1.56. The number of amides is 1. The molecule has 1 amide bonds. The van der Waals surface area contributed by atoms with E-state index in [4.69, 9.17) is 0 Å². The molecule has 3 aromatic rings. The van der Waals surface area contributed by atoms with E-state index in [1.807, 2.05) is 60.1 Å². The molecule has 0 atom stereocenters. The number of hydrogen-bond donors (Lipinski definition) is 1. The summed E-state index contributed by atoms with van der Waals surface area (Å²) >= 11 is 8.15. The Hall–Kier alpha value is -1.97. The van der Waals surface area contributed by atoms with Crippen molar-refractivity contribution in [2.24, 2.45) is 12.1 Å². The Morgan fingerprint density at radius 2 is 1.93 bits per heavy atom. The van der Waals surface area contributed by atoms with Crippen LogP contribution in [-0.2, 0) is 11.8 Å². The molecular formula is C18H15Br2N5OS. The number of nitrogens with zero attached hydrogens (tertiary/aromatic N) is 4. The normalized spacial score (nSPS) is 11.1. The maximum absolute atomic E-state index is 12.0. The number of carbonyl (C=O) groups is 1. The molecule has 138 valence electrons. The Kier molecular flexibility index (Phi) is 6.81. The minimum atomic E-state index is -0.210. The monoisotopic (exact) mass is 507 g/mol. The van der Waals surface area contributed by atoms with Gasteiger partial charge in [-0.15, -0.1) is 10.2 Å². The molecule has 9 heteroatoms. The Morgan fingerprint density at radius 1 is 1.19 bits per heavy atom. The van der Waals surface area contributed by atoms with E-state index in [1.54, 1.807) is 6.21 Å². The fourth-order valence-corrected chi connectivity index (χ4v) is 3.77. The molecule has 0 unspecified atom stereocenters. The largest absolute Gasteiger partial charge is 0.305 e. The summed E-state index contributed by atoms with van der Waals surface area (Å²) in [6.45, 7) is 0. The lowest BCUT2D eigenvalue weighted by atomic mass is 10.2. The Labute approximate surface area is 177 Å². The number of nitrogens with one attached hydrogen (secondary N) is 1. The van der Waals surface area contributed by atoms with Gasteiger partial charge in [0.2, 0.25) is 0 Å². The second kappa shape index (κ2) is 9.29. The van der Waals surface area contributed by atoms with Crippen LogP contribution >= 0.6 is 43.6 Å². The van der Waals surface area contributed by atoms with Gasteiger partial charge in [0.1, 0.15) is 0 Å². The summed E-state index contributed by atoms with van der Waals surface area (Å²) in [5, 5.41) is 13.0. The highest BCUT2D eigenvalue weighted by atomic mass is 79.9. The molecule has 0 spiro atoms. The number of rotatable bonds is 6. The van der Waals surface area contributed by atoms with Crippen molar-refractivity contribution >= 4 is 55.7 Å². The van der Waals surface area contributed by atoms with Gasteiger partial charge in [-0.05, 0) is 29.8 Å². The molecule has 1 heterocycles. The minimum Gasteiger partial charge on any atom is -0.305 e. The molecule has 0 aliphatic carbocycles. The predicted octanol–water partition coefficient (Wildman–Crippen LogP) is 4.25. The van der Waals surface area contributed by atoms with Gasteiger partial charge in [0.15, 0.2) is 11.0 Å². The lowest BCUT2D eigenvalue weighted by Gasteiger charge is -2.04. The smallest absolute Gasteiger partial charge is 0.250 e. The molecule has 3 rings (SSSR count). The van der Waals surface area contributed by atoms with E-state index in [-0.39, 0.29) is 11.7 Å². The van der Waals surface area contributed by atoms with Crippen LogP contribution in [0.4, 0.5) is 0 Å². The van der Waals surface area contributed by atoms with Crippen LogP contribution in [0, 0.1) is 0 Å². The first-order chi connectivity index (χ1) is 13.0. The second-order valence-corrected chi connectivity index (χ2v) is 8.29. The number of hydrazone groups is 1. The predicted molar refractivity (Wildman–Crippen MR) is 115 cm³/mol. The molecular weight excluding hydrogens is 494 g/mol. The van der Waals surface area contributed by atoms with E-state index in [0.29, 0.717) is 5.16 Å². The molecule has 1 N–H and O–H groups in total. The topological polar surface area (TPSA) is 72.2 Å². The number of aromatic nitrogens is 3. The number of thioether (sulfide) groups is 1. The molecule has 1 aromatic heterocycles. The standard InChI is InChI=1S/C18H15Br2N5OS/c1-25-17(13-5-3-7-15(20)9-13)23-24-18(25)27-11-16(26)22-21-10-12-4-2-6-14(19)8-12/h2-10H,11H2,1H3,(H,22,26)/b21-10+. The summed E-state index contributed by atoms with van der Waals surface area (Å²) in [6, 6.07) is 15.5. The highest BCUT2D eigenvalue weighted by Gasteiger charge is 2.13. The van der Waals surface area contributed by atoms with Crippen LogP contribution in [0.5, 0.6) is 0 Å².